The average Bonchev–Trinajstić information content (AvgIpc) is 3.18. The summed E-state index contributed by atoms with van der Waals surface area (Å²) in [6.07, 6.45) is 0. The van der Waals surface area contributed by atoms with Crippen molar-refractivity contribution >= 4 is 49.6 Å². The lowest BCUT2D eigenvalue weighted by Gasteiger charge is -2.16. The number of aromatic nitrogens is 3. The van der Waals surface area contributed by atoms with Gasteiger partial charge in [0.1, 0.15) is 16.8 Å². The van der Waals surface area contributed by atoms with Crippen LogP contribution < -0.4 is 10.3 Å². The van der Waals surface area contributed by atoms with Crippen LogP contribution >= 0.6 is 27.7 Å². The number of fused-ring (bicyclic) bond motifs is 3. The molecule has 0 aliphatic heterocycles. The van der Waals surface area contributed by atoms with E-state index in [2.05, 4.69) is 33.0 Å². The Bertz CT molecular complexity index is 1510. The van der Waals surface area contributed by atoms with Gasteiger partial charge >= 0.3 is 0 Å². The molecule has 0 saturated carbocycles. The highest BCUT2D eigenvalue weighted by Gasteiger charge is 2.19. The van der Waals surface area contributed by atoms with Crippen molar-refractivity contribution in [2.75, 3.05) is 7.11 Å². The van der Waals surface area contributed by atoms with E-state index in [4.69, 9.17) is 9.72 Å². The fraction of sp³-hybridized carbons (Fsp3) is 0.120. The normalized spacial score (nSPS) is 11.3. The summed E-state index contributed by atoms with van der Waals surface area (Å²) in [6, 6.07) is 21.8. The number of rotatable bonds is 5. The molecule has 0 radical (unpaired) electrons. The van der Waals surface area contributed by atoms with Crippen LogP contribution in [0.25, 0.3) is 27.6 Å². The number of nitrogens with one attached hydrogen (secondary N) is 1. The van der Waals surface area contributed by atoms with E-state index in [0.29, 0.717) is 33.4 Å². The van der Waals surface area contributed by atoms with Crippen molar-refractivity contribution in [3.05, 3.63) is 92.7 Å². The number of ether oxygens (including phenoxy) is 1. The summed E-state index contributed by atoms with van der Waals surface area (Å²) in [5.74, 6) is 1.31. The topological polar surface area (TPSA) is 59.9 Å². The molecule has 0 bridgehead atoms. The number of methoxy groups -OCH3 is 1. The maximum atomic E-state index is 13.8. The van der Waals surface area contributed by atoms with Crippen LogP contribution in [0.1, 0.15) is 11.1 Å². The molecule has 1 N–H and O–H groups in total. The minimum Gasteiger partial charge on any atom is -0.495 e. The second-order valence-corrected chi connectivity index (χ2v) is 9.38. The maximum Gasteiger partial charge on any atom is 0.283 e. The highest BCUT2D eigenvalue weighted by Crippen LogP contribution is 2.31. The van der Waals surface area contributed by atoms with Gasteiger partial charge in [-0.05, 0) is 48.4 Å². The number of H-pyrrole nitrogens is 1. The van der Waals surface area contributed by atoms with Crippen LogP contribution in [0.4, 0.5) is 0 Å². The number of hydrogen-bond donors (Lipinski definition) is 1. The number of benzene rings is 3. The van der Waals surface area contributed by atoms with Crippen molar-refractivity contribution < 1.29 is 4.74 Å². The third kappa shape index (κ3) is 3.72. The van der Waals surface area contributed by atoms with Crippen LogP contribution in [-0.2, 0) is 5.75 Å². The van der Waals surface area contributed by atoms with Gasteiger partial charge in [0.15, 0.2) is 5.16 Å². The lowest BCUT2D eigenvalue weighted by Crippen LogP contribution is -2.22. The van der Waals surface area contributed by atoms with E-state index >= 15 is 0 Å². The van der Waals surface area contributed by atoms with Crippen LogP contribution in [0.15, 0.2) is 81.2 Å². The van der Waals surface area contributed by atoms with Gasteiger partial charge in [-0.1, -0.05) is 64.1 Å². The molecule has 0 aliphatic rings. The van der Waals surface area contributed by atoms with Crippen molar-refractivity contribution in [1.29, 1.82) is 0 Å². The molecule has 0 fully saturated rings. The third-order valence-corrected chi connectivity index (χ3v) is 6.89. The van der Waals surface area contributed by atoms with E-state index in [-0.39, 0.29) is 5.56 Å². The minimum absolute atomic E-state index is 0.145. The van der Waals surface area contributed by atoms with E-state index in [1.165, 1.54) is 11.8 Å². The van der Waals surface area contributed by atoms with E-state index < -0.39 is 0 Å². The summed E-state index contributed by atoms with van der Waals surface area (Å²) in [4.78, 5) is 22.0. The standard InChI is InChI=1S/C25H20BrN3O2S/c1-15-7-12-21(31-2)20(13-15)29-24(30)23-22(18-5-3-4-6-19(18)27-23)28-25(29)32-14-16-8-10-17(26)11-9-16/h3-13,27H,14H2,1-2H3. The van der Waals surface area contributed by atoms with Gasteiger partial charge in [0.25, 0.3) is 5.56 Å². The van der Waals surface area contributed by atoms with E-state index in [9.17, 15) is 4.79 Å². The molecule has 0 saturated heterocycles. The fourth-order valence-corrected chi connectivity index (χ4v) is 4.97. The van der Waals surface area contributed by atoms with Crippen LogP contribution in [-0.4, -0.2) is 21.6 Å². The van der Waals surface area contributed by atoms with E-state index in [1.54, 1.807) is 11.7 Å². The minimum atomic E-state index is -0.145. The Hall–Kier alpha value is -3.03. The number of para-hydroxylation sites is 1. The quantitative estimate of drug-likeness (QED) is 0.227. The van der Waals surface area contributed by atoms with E-state index in [0.717, 1.165) is 26.5 Å². The molecule has 7 heteroatoms. The van der Waals surface area contributed by atoms with Gasteiger partial charge < -0.3 is 9.72 Å². The highest BCUT2D eigenvalue weighted by atomic mass is 79.9. The Morgan fingerprint density at radius 3 is 2.66 bits per heavy atom. The maximum absolute atomic E-state index is 13.8. The van der Waals surface area contributed by atoms with Gasteiger partial charge in [-0.25, -0.2) is 9.55 Å². The lowest BCUT2D eigenvalue weighted by atomic mass is 10.2. The number of hydrogen-bond acceptors (Lipinski definition) is 4. The van der Waals surface area contributed by atoms with Gasteiger partial charge in [0, 0.05) is 21.1 Å². The monoisotopic (exact) mass is 505 g/mol. The molecule has 0 atom stereocenters. The van der Waals surface area contributed by atoms with Gasteiger partial charge in [-0.15, -0.1) is 0 Å². The fourth-order valence-electron chi connectivity index (χ4n) is 3.75. The summed E-state index contributed by atoms with van der Waals surface area (Å²) < 4.78 is 8.29. The molecule has 0 unspecified atom stereocenters. The first kappa shape index (κ1) is 20.8. The molecule has 0 amide bonds. The zero-order chi connectivity index (χ0) is 22.2. The Kier molecular flexibility index (Phi) is 5.53. The second-order valence-electron chi connectivity index (χ2n) is 7.52. The van der Waals surface area contributed by atoms with E-state index in [1.807, 2.05) is 61.5 Å². The summed E-state index contributed by atoms with van der Waals surface area (Å²) in [6.45, 7) is 2.00. The number of thioether (sulfide) groups is 1. The highest BCUT2D eigenvalue weighted by molar-refractivity contribution is 9.10. The molecule has 5 rings (SSSR count). The molecule has 0 aliphatic carbocycles. The molecule has 5 nitrogen and oxygen atoms in total. The van der Waals surface area contributed by atoms with Crippen LogP contribution in [0, 0.1) is 6.92 Å². The zero-order valence-electron chi connectivity index (χ0n) is 17.6. The first-order valence-corrected chi connectivity index (χ1v) is 11.9. The first-order chi connectivity index (χ1) is 15.5. The summed E-state index contributed by atoms with van der Waals surface area (Å²) >= 11 is 5.01. The largest absolute Gasteiger partial charge is 0.495 e. The van der Waals surface area contributed by atoms with Crippen LogP contribution in [0.2, 0.25) is 0 Å². The third-order valence-electron chi connectivity index (χ3n) is 5.35. The number of nitrogens with zero attached hydrogens (tertiary/aromatic N) is 2. The Balaban J connectivity index is 1.74. The average molecular weight is 506 g/mol. The van der Waals surface area contributed by atoms with Gasteiger partial charge in [-0.3, -0.25) is 4.79 Å². The molecule has 0 spiro atoms. The summed E-state index contributed by atoms with van der Waals surface area (Å²) in [5, 5.41) is 1.56. The predicted octanol–water partition coefficient (Wildman–Crippen LogP) is 6.24. The van der Waals surface area contributed by atoms with Crippen molar-refractivity contribution in [1.82, 2.24) is 14.5 Å². The molecular weight excluding hydrogens is 486 g/mol. The first-order valence-electron chi connectivity index (χ1n) is 10.1. The molecular formula is C25H20BrN3O2S. The number of halogens is 1. The zero-order valence-corrected chi connectivity index (χ0v) is 20.0. The van der Waals surface area contributed by atoms with Crippen molar-refractivity contribution in [2.24, 2.45) is 0 Å². The molecule has 2 heterocycles. The Morgan fingerprint density at radius 2 is 1.88 bits per heavy atom. The number of aromatic amines is 1. The molecule has 5 aromatic rings. The molecule has 160 valence electrons. The molecule has 32 heavy (non-hydrogen) atoms. The van der Waals surface area contributed by atoms with Crippen molar-refractivity contribution in [3.8, 4) is 11.4 Å². The van der Waals surface area contributed by atoms with Gasteiger partial charge in [0.05, 0.1) is 12.8 Å². The van der Waals surface area contributed by atoms with Crippen molar-refractivity contribution in [3.63, 3.8) is 0 Å². The van der Waals surface area contributed by atoms with Crippen LogP contribution in [0.3, 0.4) is 0 Å². The molecule has 2 aromatic heterocycles. The van der Waals surface area contributed by atoms with Crippen molar-refractivity contribution in [2.45, 2.75) is 17.8 Å². The summed E-state index contributed by atoms with van der Waals surface area (Å²) in [7, 11) is 1.61. The SMILES string of the molecule is COc1ccc(C)cc1-n1c(SCc2ccc(Br)cc2)nc2c([nH]c3ccccc32)c1=O. The van der Waals surface area contributed by atoms with Gasteiger partial charge in [-0.2, -0.15) is 0 Å². The smallest absolute Gasteiger partial charge is 0.283 e. The lowest BCUT2D eigenvalue weighted by molar-refractivity contribution is 0.411. The number of aryl methyl sites for hydroxylation is 1. The van der Waals surface area contributed by atoms with Gasteiger partial charge in [0.2, 0.25) is 0 Å². The predicted molar refractivity (Wildman–Crippen MR) is 134 cm³/mol. The molecule has 3 aromatic carbocycles. The Labute approximate surface area is 197 Å². The Morgan fingerprint density at radius 1 is 1.09 bits per heavy atom. The second kappa shape index (κ2) is 8.48. The van der Waals surface area contributed by atoms with Crippen LogP contribution in [0.5, 0.6) is 5.75 Å². The summed E-state index contributed by atoms with van der Waals surface area (Å²) in [5.41, 5.74) is 4.79.